The minimum Gasteiger partial charge on any atom is -0.468 e. The summed E-state index contributed by atoms with van der Waals surface area (Å²) in [6.45, 7) is 10.0. The molecule has 4 heteroatoms. The van der Waals surface area contributed by atoms with Crippen molar-refractivity contribution in [3.63, 3.8) is 0 Å². The van der Waals surface area contributed by atoms with E-state index in [2.05, 4.69) is 44.1 Å². The van der Waals surface area contributed by atoms with Gasteiger partial charge in [0.25, 0.3) is 0 Å². The lowest BCUT2D eigenvalue weighted by Gasteiger charge is -2.23. The molecule has 0 spiro atoms. The van der Waals surface area contributed by atoms with Crippen molar-refractivity contribution in [3.8, 4) is 0 Å². The molecule has 1 atom stereocenters. The summed E-state index contributed by atoms with van der Waals surface area (Å²) < 4.78 is 10.8. The van der Waals surface area contributed by atoms with E-state index in [0.717, 1.165) is 32.0 Å². The number of rotatable bonds is 9. The average molecular weight is 268 g/mol. The first-order valence-corrected chi connectivity index (χ1v) is 6.99. The number of ether oxygens (including phenoxy) is 1. The Bertz CT molecular complexity index is 350. The highest BCUT2D eigenvalue weighted by Crippen LogP contribution is 2.14. The second kappa shape index (κ2) is 8.35. The molecule has 1 N–H and O–H groups in total. The summed E-state index contributed by atoms with van der Waals surface area (Å²) in [5, 5.41) is 3.42. The summed E-state index contributed by atoms with van der Waals surface area (Å²) in [6.07, 6.45) is 1.77. The summed E-state index contributed by atoms with van der Waals surface area (Å²) in [5.74, 6) is 1.69. The lowest BCUT2D eigenvalue weighted by atomic mass is 10.2. The first kappa shape index (κ1) is 16.2. The number of hydrogen-bond acceptors (Lipinski definition) is 4. The van der Waals surface area contributed by atoms with Crippen LogP contribution in [0.15, 0.2) is 16.7 Å². The van der Waals surface area contributed by atoms with Gasteiger partial charge in [-0.1, -0.05) is 13.8 Å². The van der Waals surface area contributed by atoms with Gasteiger partial charge in [0, 0.05) is 25.3 Å². The second-order valence-electron chi connectivity index (χ2n) is 5.61. The Morgan fingerprint density at radius 3 is 2.74 bits per heavy atom. The largest absolute Gasteiger partial charge is 0.468 e. The summed E-state index contributed by atoms with van der Waals surface area (Å²) in [7, 11) is 3.85. The van der Waals surface area contributed by atoms with Crippen LogP contribution >= 0.6 is 0 Å². The third-order valence-electron chi connectivity index (χ3n) is 3.26. The van der Waals surface area contributed by atoms with Crippen LogP contribution in [0.1, 0.15) is 32.1 Å². The van der Waals surface area contributed by atoms with Crippen molar-refractivity contribution in [1.82, 2.24) is 10.2 Å². The average Bonchev–Trinajstić information content (AvgIpc) is 2.76. The van der Waals surface area contributed by atoms with Crippen LogP contribution in [-0.4, -0.2) is 38.3 Å². The number of furan rings is 1. The van der Waals surface area contributed by atoms with Crippen LogP contribution in [-0.2, 0) is 17.8 Å². The highest BCUT2D eigenvalue weighted by atomic mass is 16.5. The molecule has 0 radical (unpaired) electrons. The zero-order valence-electron chi connectivity index (χ0n) is 12.9. The van der Waals surface area contributed by atoms with E-state index < -0.39 is 0 Å². The highest BCUT2D eigenvalue weighted by Gasteiger charge is 2.13. The number of hydrogen-bond donors (Lipinski definition) is 1. The predicted molar refractivity (Wildman–Crippen MR) is 78.1 cm³/mol. The van der Waals surface area contributed by atoms with Gasteiger partial charge in [0.15, 0.2) is 0 Å². The van der Waals surface area contributed by atoms with Crippen LogP contribution in [0.4, 0.5) is 0 Å². The van der Waals surface area contributed by atoms with E-state index in [1.54, 1.807) is 13.4 Å². The third kappa shape index (κ3) is 5.76. The minimum absolute atomic E-state index is 0.399. The molecule has 0 amide bonds. The summed E-state index contributed by atoms with van der Waals surface area (Å²) >= 11 is 0. The third-order valence-corrected chi connectivity index (χ3v) is 3.26. The Morgan fingerprint density at radius 1 is 1.37 bits per heavy atom. The van der Waals surface area contributed by atoms with Crippen molar-refractivity contribution >= 4 is 0 Å². The van der Waals surface area contributed by atoms with Crippen molar-refractivity contribution in [1.29, 1.82) is 0 Å². The van der Waals surface area contributed by atoms with Crippen molar-refractivity contribution in [3.05, 3.63) is 23.7 Å². The molecule has 0 aliphatic heterocycles. The molecular weight excluding hydrogens is 240 g/mol. The van der Waals surface area contributed by atoms with E-state index in [1.807, 2.05) is 0 Å². The zero-order chi connectivity index (χ0) is 14.3. The van der Waals surface area contributed by atoms with Crippen LogP contribution in [0.25, 0.3) is 0 Å². The highest BCUT2D eigenvalue weighted by molar-refractivity contribution is 5.16. The summed E-state index contributed by atoms with van der Waals surface area (Å²) in [5.41, 5.74) is 1.25. The first-order chi connectivity index (χ1) is 9.04. The molecule has 1 unspecified atom stereocenters. The van der Waals surface area contributed by atoms with Gasteiger partial charge in [-0.3, -0.25) is 4.90 Å². The first-order valence-electron chi connectivity index (χ1n) is 6.99. The van der Waals surface area contributed by atoms with Gasteiger partial charge < -0.3 is 14.5 Å². The Labute approximate surface area is 117 Å². The summed E-state index contributed by atoms with van der Waals surface area (Å²) in [4.78, 5) is 2.28. The fraction of sp³-hybridized carbons (Fsp3) is 0.733. The molecule has 1 rings (SSSR count). The topological polar surface area (TPSA) is 37.6 Å². The lowest BCUT2D eigenvalue weighted by Crippen LogP contribution is -2.32. The SMILES string of the molecule is COCC(C)N(C)Cc1ccoc1CNCC(C)C. The molecule has 0 aliphatic carbocycles. The molecule has 0 aromatic carbocycles. The Kier molecular flexibility index (Phi) is 7.13. The van der Waals surface area contributed by atoms with Crippen molar-refractivity contribution in [2.24, 2.45) is 5.92 Å². The zero-order valence-corrected chi connectivity index (χ0v) is 12.9. The maximum absolute atomic E-state index is 5.57. The van der Waals surface area contributed by atoms with Gasteiger partial charge in [0.05, 0.1) is 19.4 Å². The standard InChI is InChI=1S/C15H28N2O2/c1-12(2)8-16-9-15-14(6-7-19-15)10-17(4)13(3)11-18-5/h6-7,12-13,16H,8-11H2,1-5H3. The van der Waals surface area contributed by atoms with Crippen molar-refractivity contribution in [2.75, 3.05) is 27.3 Å². The number of methoxy groups -OCH3 is 1. The van der Waals surface area contributed by atoms with Crippen LogP contribution < -0.4 is 5.32 Å². The fourth-order valence-electron chi connectivity index (χ4n) is 1.93. The van der Waals surface area contributed by atoms with Crippen LogP contribution in [0.5, 0.6) is 0 Å². The quantitative estimate of drug-likeness (QED) is 0.746. The number of likely N-dealkylation sites (N-methyl/N-ethyl adjacent to an activating group) is 1. The molecule has 4 nitrogen and oxygen atoms in total. The molecule has 0 saturated heterocycles. The maximum atomic E-state index is 5.57. The van der Waals surface area contributed by atoms with E-state index in [0.29, 0.717) is 12.0 Å². The minimum atomic E-state index is 0.399. The van der Waals surface area contributed by atoms with Crippen LogP contribution in [0, 0.1) is 5.92 Å². The van der Waals surface area contributed by atoms with Gasteiger partial charge in [-0.2, -0.15) is 0 Å². The molecule has 1 heterocycles. The number of nitrogens with one attached hydrogen (secondary N) is 1. The van der Waals surface area contributed by atoms with Gasteiger partial charge in [0.2, 0.25) is 0 Å². The van der Waals surface area contributed by atoms with Crippen LogP contribution in [0.2, 0.25) is 0 Å². The molecule has 19 heavy (non-hydrogen) atoms. The monoisotopic (exact) mass is 268 g/mol. The second-order valence-corrected chi connectivity index (χ2v) is 5.61. The number of nitrogens with zero attached hydrogens (tertiary/aromatic N) is 1. The summed E-state index contributed by atoms with van der Waals surface area (Å²) in [6, 6.07) is 2.46. The predicted octanol–water partition coefficient (Wildman–Crippen LogP) is 2.49. The Balaban J connectivity index is 2.47. The fourth-order valence-corrected chi connectivity index (χ4v) is 1.93. The molecule has 110 valence electrons. The molecule has 1 aromatic rings. The lowest BCUT2D eigenvalue weighted by molar-refractivity contribution is 0.111. The van der Waals surface area contributed by atoms with Gasteiger partial charge in [-0.25, -0.2) is 0 Å². The van der Waals surface area contributed by atoms with Crippen molar-refractivity contribution < 1.29 is 9.15 Å². The van der Waals surface area contributed by atoms with Gasteiger partial charge in [-0.15, -0.1) is 0 Å². The molecule has 0 bridgehead atoms. The molecule has 0 fully saturated rings. The Hall–Kier alpha value is -0.840. The molecule has 1 aromatic heterocycles. The van der Waals surface area contributed by atoms with E-state index in [4.69, 9.17) is 9.15 Å². The van der Waals surface area contributed by atoms with Crippen molar-refractivity contribution in [2.45, 2.75) is 39.9 Å². The van der Waals surface area contributed by atoms with E-state index >= 15 is 0 Å². The van der Waals surface area contributed by atoms with Crippen LogP contribution in [0.3, 0.4) is 0 Å². The van der Waals surface area contributed by atoms with Gasteiger partial charge >= 0.3 is 0 Å². The Morgan fingerprint density at radius 2 is 2.11 bits per heavy atom. The molecular formula is C15H28N2O2. The maximum Gasteiger partial charge on any atom is 0.122 e. The molecule has 0 aliphatic rings. The smallest absolute Gasteiger partial charge is 0.122 e. The molecule has 0 saturated carbocycles. The van der Waals surface area contributed by atoms with E-state index in [1.165, 1.54) is 5.56 Å². The normalized spacial score (nSPS) is 13.4. The van der Waals surface area contributed by atoms with E-state index in [9.17, 15) is 0 Å². The van der Waals surface area contributed by atoms with Gasteiger partial charge in [-0.05, 0) is 32.5 Å². The van der Waals surface area contributed by atoms with Gasteiger partial charge in [0.1, 0.15) is 5.76 Å². The van der Waals surface area contributed by atoms with E-state index in [-0.39, 0.29) is 0 Å².